The van der Waals surface area contributed by atoms with Gasteiger partial charge in [0.15, 0.2) is 0 Å². The third-order valence-corrected chi connectivity index (χ3v) is 11.4. The summed E-state index contributed by atoms with van der Waals surface area (Å²) in [5.41, 5.74) is 1.96. The first-order valence-electron chi connectivity index (χ1n) is 15.1. The number of amides is 1. The summed E-state index contributed by atoms with van der Waals surface area (Å²) in [6, 6.07) is 17.7. The summed E-state index contributed by atoms with van der Waals surface area (Å²) >= 11 is 0. The molecule has 7 nitrogen and oxygen atoms in total. The van der Waals surface area contributed by atoms with E-state index in [1.165, 1.54) is 31.2 Å². The number of carbonyl (C=O) groups excluding carboxylic acids is 1. The monoisotopic (exact) mass is 625 g/mol. The summed E-state index contributed by atoms with van der Waals surface area (Å²) in [6.45, 7) is 1.34. The van der Waals surface area contributed by atoms with Gasteiger partial charge in [-0.3, -0.25) is 9.69 Å². The molecule has 3 fully saturated rings. The molecule has 0 radical (unpaired) electrons. The van der Waals surface area contributed by atoms with Crippen LogP contribution in [0.1, 0.15) is 72.9 Å². The molecule has 4 aliphatic rings. The topological polar surface area (TPSA) is 87.5 Å². The molecule has 2 heterocycles. The Morgan fingerprint density at radius 2 is 1.82 bits per heavy atom. The number of alkyl halides is 3. The van der Waals surface area contributed by atoms with Crippen molar-refractivity contribution in [3.05, 3.63) is 95.1 Å². The van der Waals surface area contributed by atoms with Gasteiger partial charge in [0.1, 0.15) is 5.75 Å². The van der Waals surface area contributed by atoms with Crippen molar-refractivity contribution >= 4 is 15.9 Å². The molecular weight excluding hydrogens is 591 g/mol. The quantitative estimate of drug-likeness (QED) is 0.290. The van der Waals surface area contributed by atoms with E-state index in [-0.39, 0.29) is 18.4 Å². The molecule has 232 valence electrons. The van der Waals surface area contributed by atoms with E-state index in [1.807, 2.05) is 6.07 Å². The van der Waals surface area contributed by atoms with Gasteiger partial charge in [-0.2, -0.15) is 13.2 Å². The number of rotatable bonds is 9. The Morgan fingerprint density at radius 1 is 1.00 bits per heavy atom. The minimum Gasteiger partial charge on any atom is -0.493 e. The molecule has 2 aliphatic heterocycles. The Kier molecular flexibility index (Phi) is 7.25. The lowest BCUT2D eigenvalue weighted by Gasteiger charge is -2.36. The first-order valence-corrected chi connectivity index (χ1v) is 16.6. The standard InChI is InChI=1S/C33H34F3N3O4S/c34-33(35,36)24-7-4-8-25(18-24)44(41,42)38-28(22-5-2-1-3-6-22)19-31(40)37-27-14-16-43-29-17-21(9-11-26(27)29)20-39-30-12-10-23-13-15-32(23,30)39/h1-9,11,17-18,23,27-28,30,38H,10,12-16,19-20H2,(H,37,40)/t23?,27-,28-,30?,32?,39?/m1/s1. The predicted molar refractivity (Wildman–Crippen MR) is 157 cm³/mol. The number of ether oxygens (including phenoxy) is 1. The number of carbonyl (C=O) groups is 1. The Hall–Kier alpha value is -3.41. The maximum atomic E-state index is 13.4. The Bertz CT molecular complexity index is 1680. The number of nitrogens with zero attached hydrogens (tertiary/aromatic N) is 1. The largest absolute Gasteiger partial charge is 0.493 e. The zero-order chi connectivity index (χ0) is 30.7. The van der Waals surface area contributed by atoms with Gasteiger partial charge >= 0.3 is 6.18 Å². The van der Waals surface area contributed by atoms with E-state index in [1.54, 1.807) is 30.3 Å². The van der Waals surface area contributed by atoms with Crippen molar-refractivity contribution in [1.29, 1.82) is 0 Å². The van der Waals surface area contributed by atoms with E-state index >= 15 is 0 Å². The zero-order valence-corrected chi connectivity index (χ0v) is 24.8. The maximum Gasteiger partial charge on any atom is 0.416 e. The summed E-state index contributed by atoms with van der Waals surface area (Å²) in [5.74, 6) is 1.22. The minimum atomic E-state index is -4.70. The molecular formula is C33H34F3N3O4S. The molecule has 2 aliphatic carbocycles. The molecule has 3 aromatic rings. The van der Waals surface area contributed by atoms with Crippen LogP contribution < -0.4 is 14.8 Å². The highest BCUT2D eigenvalue weighted by molar-refractivity contribution is 7.89. The van der Waals surface area contributed by atoms with Crippen molar-refractivity contribution in [3.8, 4) is 5.75 Å². The van der Waals surface area contributed by atoms with Crippen LogP contribution in [0.3, 0.4) is 0 Å². The molecule has 2 saturated carbocycles. The van der Waals surface area contributed by atoms with Crippen LogP contribution in [-0.2, 0) is 27.5 Å². The lowest BCUT2D eigenvalue weighted by Crippen LogP contribution is -2.37. The first kappa shape index (κ1) is 29.3. The van der Waals surface area contributed by atoms with Crippen molar-refractivity contribution in [1.82, 2.24) is 14.9 Å². The Balaban J connectivity index is 1.05. The smallest absolute Gasteiger partial charge is 0.416 e. The van der Waals surface area contributed by atoms with Gasteiger partial charge in [0.2, 0.25) is 15.9 Å². The number of sulfonamides is 1. The molecule has 1 saturated heterocycles. The van der Waals surface area contributed by atoms with Crippen LogP contribution in [0.15, 0.2) is 77.7 Å². The third kappa shape index (κ3) is 5.28. The lowest BCUT2D eigenvalue weighted by molar-refractivity contribution is -0.137. The lowest BCUT2D eigenvalue weighted by atomic mass is 9.74. The fraction of sp³-hybridized carbons (Fsp3) is 0.424. The molecule has 7 rings (SSSR count). The van der Waals surface area contributed by atoms with Gasteiger partial charge in [0, 0.05) is 36.5 Å². The van der Waals surface area contributed by atoms with Crippen LogP contribution >= 0.6 is 0 Å². The zero-order valence-electron chi connectivity index (χ0n) is 24.0. The number of hydrogen-bond acceptors (Lipinski definition) is 5. The van der Waals surface area contributed by atoms with E-state index in [4.69, 9.17) is 4.74 Å². The molecule has 0 aromatic heterocycles. The molecule has 0 bridgehead atoms. The molecule has 1 amide bonds. The van der Waals surface area contributed by atoms with Crippen LogP contribution in [0.5, 0.6) is 5.75 Å². The van der Waals surface area contributed by atoms with Crippen LogP contribution in [-0.4, -0.2) is 37.4 Å². The van der Waals surface area contributed by atoms with E-state index < -0.39 is 32.7 Å². The van der Waals surface area contributed by atoms with Gasteiger partial charge in [0.05, 0.1) is 29.1 Å². The Labute approximate surface area is 254 Å². The van der Waals surface area contributed by atoms with Crippen molar-refractivity contribution < 1.29 is 31.1 Å². The van der Waals surface area contributed by atoms with E-state index in [0.29, 0.717) is 36.2 Å². The second-order valence-electron chi connectivity index (χ2n) is 12.4. The molecule has 4 unspecified atom stereocenters. The second kappa shape index (κ2) is 10.9. The van der Waals surface area contributed by atoms with Crippen molar-refractivity contribution in [2.24, 2.45) is 5.92 Å². The van der Waals surface area contributed by atoms with Gasteiger partial charge in [-0.15, -0.1) is 0 Å². The summed E-state index contributed by atoms with van der Waals surface area (Å²) in [5, 5.41) is 3.04. The van der Waals surface area contributed by atoms with Crippen LogP contribution in [0.2, 0.25) is 0 Å². The average molecular weight is 626 g/mol. The SMILES string of the molecule is O=C(C[C@@H](NS(=O)(=O)c1cccc(C(F)(F)F)c1)c1ccccc1)N[C@@H]1CCOc2cc(CN3C4CCC5CCC543)ccc21. The van der Waals surface area contributed by atoms with Gasteiger partial charge in [-0.25, -0.2) is 13.1 Å². The predicted octanol–water partition coefficient (Wildman–Crippen LogP) is 5.88. The van der Waals surface area contributed by atoms with Crippen molar-refractivity contribution in [2.45, 2.75) is 79.8 Å². The van der Waals surface area contributed by atoms with Crippen molar-refractivity contribution in [3.63, 3.8) is 0 Å². The third-order valence-electron chi connectivity index (χ3n) is 9.98. The first-order chi connectivity index (χ1) is 21.0. The summed E-state index contributed by atoms with van der Waals surface area (Å²) < 4.78 is 74.7. The average Bonchev–Trinajstić information content (AvgIpc) is 3.56. The van der Waals surface area contributed by atoms with Crippen LogP contribution in [0, 0.1) is 5.92 Å². The number of fused-ring (bicyclic) bond motifs is 1. The van der Waals surface area contributed by atoms with Gasteiger partial charge < -0.3 is 10.1 Å². The minimum absolute atomic E-state index is 0.243. The number of likely N-dealkylation sites (tertiary alicyclic amines) is 1. The number of piperidine rings is 1. The van der Waals surface area contributed by atoms with E-state index in [9.17, 15) is 26.4 Å². The van der Waals surface area contributed by atoms with Gasteiger partial charge in [-0.1, -0.05) is 48.5 Å². The molecule has 2 N–H and O–H groups in total. The molecule has 44 heavy (non-hydrogen) atoms. The fourth-order valence-corrected chi connectivity index (χ4v) is 8.95. The Morgan fingerprint density at radius 3 is 2.55 bits per heavy atom. The van der Waals surface area contributed by atoms with Crippen LogP contribution in [0.25, 0.3) is 0 Å². The highest BCUT2D eigenvalue weighted by Gasteiger charge is 2.72. The summed E-state index contributed by atoms with van der Waals surface area (Å²) in [4.78, 5) is 15.5. The number of hydrogen-bond donors (Lipinski definition) is 2. The second-order valence-corrected chi connectivity index (χ2v) is 14.1. The highest BCUT2D eigenvalue weighted by Crippen LogP contribution is 2.67. The van der Waals surface area contributed by atoms with E-state index in [2.05, 4.69) is 27.1 Å². The molecule has 3 aromatic carbocycles. The summed E-state index contributed by atoms with van der Waals surface area (Å²) in [6.07, 6.45) is 0.917. The van der Waals surface area contributed by atoms with Crippen LogP contribution in [0.4, 0.5) is 13.2 Å². The number of benzene rings is 3. The van der Waals surface area contributed by atoms with E-state index in [0.717, 1.165) is 42.0 Å². The van der Waals surface area contributed by atoms with Crippen molar-refractivity contribution in [2.75, 3.05) is 6.61 Å². The molecule has 11 heteroatoms. The van der Waals surface area contributed by atoms with Gasteiger partial charge in [0.25, 0.3) is 0 Å². The highest BCUT2D eigenvalue weighted by atomic mass is 32.2. The molecule has 6 atom stereocenters. The van der Waals surface area contributed by atoms with Gasteiger partial charge in [-0.05, 0) is 67.0 Å². The number of nitrogens with one attached hydrogen (secondary N) is 2. The fourth-order valence-electron chi connectivity index (χ4n) is 7.68. The number of halogens is 3. The normalized spacial score (nSPS) is 27.6. The summed E-state index contributed by atoms with van der Waals surface area (Å²) in [7, 11) is -4.39. The molecule has 1 spiro atoms. The maximum absolute atomic E-state index is 13.4.